The summed E-state index contributed by atoms with van der Waals surface area (Å²) < 4.78 is 7.25. The monoisotopic (exact) mass is 574 g/mol. The van der Waals surface area contributed by atoms with E-state index >= 15 is 0 Å². The van der Waals surface area contributed by atoms with E-state index in [4.69, 9.17) is 27.9 Å². The van der Waals surface area contributed by atoms with Crippen molar-refractivity contribution < 1.29 is 9.53 Å². The number of halogens is 2. The van der Waals surface area contributed by atoms with Gasteiger partial charge in [-0.3, -0.25) is 14.2 Å². The standard InChI is InChI=1S/C29H20Cl2N4O3S/c30-20-7-11-22(12-8-20)35-28(37)25-3-1-2-4-26(25)33-29(35)39-18-27(36)34-32-17-19-5-13-23(14-6-19)38-24-15-9-21(31)10-16-24/h1-17H,18H2,(H,34,36)/b32-17+. The van der Waals surface area contributed by atoms with Crippen LogP contribution in [0.2, 0.25) is 10.0 Å². The number of nitrogens with zero attached hydrogens (tertiary/aromatic N) is 3. The Morgan fingerprint density at radius 3 is 2.21 bits per heavy atom. The molecule has 0 aliphatic heterocycles. The van der Waals surface area contributed by atoms with E-state index in [9.17, 15) is 9.59 Å². The van der Waals surface area contributed by atoms with E-state index in [1.165, 1.54) is 10.8 Å². The van der Waals surface area contributed by atoms with Gasteiger partial charge in [0.15, 0.2) is 5.16 Å². The van der Waals surface area contributed by atoms with Gasteiger partial charge in [0.05, 0.1) is 28.6 Å². The molecule has 1 N–H and O–H groups in total. The maximum Gasteiger partial charge on any atom is 0.266 e. The van der Waals surface area contributed by atoms with Crippen LogP contribution in [0.15, 0.2) is 112 Å². The molecule has 0 spiro atoms. The summed E-state index contributed by atoms with van der Waals surface area (Å²) in [6.07, 6.45) is 1.53. The molecule has 0 aliphatic rings. The highest BCUT2D eigenvalue weighted by Gasteiger charge is 2.14. The summed E-state index contributed by atoms with van der Waals surface area (Å²) in [7, 11) is 0. The smallest absolute Gasteiger partial charge is 0.266 e. The van der Waals surface area contributed by atoms with E-state index in [1.807, 2.05) is 18.2 Å². The zero-order valence-electron chi connectivity index (χ0n) is 20.3. The molecular formula is C29H20Cl2N4O3S. The Bertz CT molecular complexity index is 1710. The zero-order chi connectivity index (χ0) is 27.2. The van der Waals surface area contributed by atoms with Gasteiger partial charge >= 0.3 is 0 Å². The SMILES string of the molecule is O=C(CSc1nc2ccccc2c(=O)n1-c1ccc(Cl)cc1)N/N=C/c1ccc(Oc2ccc(Cl)cc2)cc1. The topological polar surface area (TPSA) is 85.6 Å². The molecule has 4 aromatic carbocycles. The number of thioether (sulfide) groups is 1. The van der Waals surface area contributed by atoms with Crippen LogP contribution in [0.5, 0.6) is 11.5 Å². The molecule has 1 aromatic heterocycles. The van der Waals surface area contributed by atoms with E-state index in [-0.39, 0.29) is 17.2 Å². The van der Waals surface area contributed by atoms with Gasteiger partial charge in [-0.2, -0.15) is 5.10 Å². The second-order valence-corrected chi connectivity index (χ2v) is 10.1. The van der Waals surface area contributed by atoms with E-state index in [0.29, 0.717) is 43.3 Å². The number of amides is 1. The van der Waals surface area contributed by atoms with E-state index in [1.54, 1.807) is 78.9 Å². The molecule has 0 fully saturated rings. The first-order chi connectivity index (χ1) is 19.0. The molecular weight excluding hydrogens is 555 g/mol. The third-order valence-corrected chi connectivity index (χ3v) is 6.94. The second-order valence-electron chi connectivity index (χ2n) is 8.24. The van der Waals surface area contributed by atoms with Crippen molar-refractivity contribution in [1.82, 2.24) is 15.0 Å². The molecule has 5 rings (SSSR count). The summed E-state index contributed by atoms with van der Waals surface area (Å²) in [6, 6.07) is 28.3. The first kappa shape index (κ1) is 26.5. The number of hydrogen-bond donors (Lipinski definition) is 1. The van der Waals surface area contributed by atoms with Gasteiger partial charge in [0, 0.05) is 10.0 Å². The Morgan fingerprint density at radius 2 is 1.51 bits per heavy atom. The lowest BCUT2D eigenvalue weighted by molar-refractivity contribution is -0.118. The molecule has 1 heterocycles. The van der Waals surface area contributed by atoms with Crippen molar-refractivity contribution in [2.75, 3.05) is 5.75 Å². The minimum Gasteiger partial charge on any atom is -0.457 e. The largest absolute Gasteiger partial charge is 0.457 e. The summed E-state index contributed by atoms with van der Waals surface area (Å²) in [4.78, 5) is 30.4. The summed E-state index contributed by atoms with van der Waals surface area (Å²) in [5.74, 6) is 0.991. The first-order valence-electron chi connectivity index (χ1n) is 11.7. The predicted octanol–water partition coefficient (Wildman–Crippen LogP) is 6.73. The van der Waals surface area contributed by atoms with E-state index in [0.717, 1.165) is 17.3 Å². The van der Waals surface area contributed by atoms with Crippen LogP contribution in [-0.2, 0) is 4.79 Å². The molecule has 1 amide bonds. The van der Waals surface area contributed by atoms with Gasteiger partial charge < -0.3 is 4.74 Å². The average Bonchev–Trinajstić information content (AvgIpc) is 2.95. The van der Waals surface area contributed by atoms with Crippen molar-refractivity contribution in [2.45, 2.75) is 5.16 Å². The zero-order valence-corrected chi connectivity index (χ0v) is 22.6. The summed E-state index contributed by atoms with van der Waals surface area (Å²) in [5, 5.41) is 6.09. The molecule has 0 saturated heterocycles. The number of hydrogen-bond acceptors (Lipinski definition) is 6. The highest BCUT2D eigenvalue weighted by atomic mass is 35.5. The van der Waals surface area contributed by atoms with Gasteiger partial charge in [-0.05, 0) is 90.5 Å². The number of carbonyl (C=O) groups excluding carboxylic acids is 1. The fraction of sp³-hybridized carbons (Fsp3) is 0.0345. The number of aromatic nitrogens is 2. The fourth-order valence-corrected chi connectivity index (χ4v) is 4.69. The van der Waals surface area contributed by atoms with Gasteiger partial charge in [-0.15, -0.1) is 0 Å². The van der Waals surface area contributed by atoms with E-state index in [2.05, 4.69) is 15.5 Å². The van der Waals surface area contributed by atoms with Crippen molar-refractivity contribution in [3.63, 3.8) is 0 Å². The van der Waals surface area contributed by atoms with Crippen LogP contribution in [-0.4, -0.2) is 27.4 Å². The van der Waals surface area contributed by atoms with Crippen LogP contribution in [0.3, 0.4) is 0 Å². The molecule has 5 aromatic rings. The van der Waals surface area contributed by atoms with Gasteiger partial charge in [-0.25, -0.2) is 10.4 Å². The van der Waals surface area contributed by atoms with Gasteiger partial charge in [0.1, 0.15) is 11.5 Å². The Morgan fingerprint density at radius 1 is 0.897 bits per heavy atom. The van der Waals surface area contributed by atoms with E-state index < -0.39 is 0 Å². The first-order valence-corrected chi connectivity index (χ1v) is 13.5. The number of hydrazone groups is 1. The van der Waals surface area contributed by atoms with Crippen LogP contribution in [0.1, 0.15) is 5.56 Å². The Hall–Kier alpha value is -4.11. The summed E-state index contributed by atoms with van der Waals surface area (Å²) in [6.45, 7) is 0. The highest BCUT2D eigenvalue weighted by molar-refractivity contribution is 7.99. The lowest BCUT2D eigenvalue weighted by Gasteiger charge is -2.13. The number of rotatable bonds is 8. The number of ether oxygens (including phenoxy) is 1. The molecule has 0 atom stereocenters. The van der Waals surface area contributed by atoms with Crippen molar-refractivity contribution in [1.29, 1.82) is 0 Å². The van der Waals surface area contributed by atoms with Gasteiger partial charge in [-0.1, -0.05) is 47.1 Å². The molecule has 10 heteroatoms. The Kier molecular flexibility index (Phi) is 8.27. The molecule has 0 unspecified atom stereocenters. The average molecular weight is 575 g/mol. The van der Waals surface area contributed by atoms with Crippen molar-refractivity contribution in [2.24, 2.45) is 5.10 Å². The summed E-state index contributed by atoms with van der Waals surface area (Å²) >= 11 is 13.1. The van der Waals surface area contributed by atoms with Crippen molar-refractivity contribution in [3.8, 4) is 17.2 Å². The van der Waals surface area contributed by atoms with Crippen LogP contribution >= 0.6 is 35.0 Å². The fourth-order valence-electron chi connectivity index (χ4n) is 3.63. The molecule has 0 bridgehead atoms. The lowest BCUT2D eigenvalue weighted by Crippen LogP contribution is -2.24. The van der Waals surface area contributed by atoms with Crippen molar-refractivity contribution >= 4 is 58.0 Å². The number of carbonyl (C=O) groups is 1. The van der Waals surface area contributed by atoms with Crippen molar-refractivity contribution in [3.05, 3.63) is 123 Å². The minimum absolute atomic E-state index is 0.00355. The molecule has 0 aliphatic carbocycles. The number of nitrogens with one attached hydrogen (secondary N) is 1. The predicted molar refractivity (Wildman–Crippen MR) is 157 cm³/mol. The maximum atomic E-state index is 13.3. The molecule has 7 nitrogen and oxygen atoms in total. The summed E-state index contributed by atoms with van der Waals surface area (Å²) in [5.41, 5.74) is 4.22. The van der Waals surface area contributed by atoms with Crippen LogP contribution < -0.4 is 15.7 Å². The van der Waals surface area contributed by atoms with Gasteiger partial charge in [0.2, 0.25) is 0 Å². The molecule has 39 heavy (non-hydrogen) atoms. The highest BCUT2D eigenvalue weighted by Crippen LogP contribution is 2.24. The quantitative estimate of drug-likeness (QED) is 0.0961. The lowest BCUT2D eigenvalue weighted by atomic mass is 10.2. The van der Waals surface area contributed by atoms with Gasteiger partial charge in [0.25, 0.3) is 11.5 Å². The molecule has 0 saturated carbocycles. The van der Waals surface area contributed by atoms with Crippen LogP contribution in [0.4, 0.5) is 0 Å². The normalized spacial score (nSPS) is 11.1. The van der Waals surface area contributed by atoms with Crippen LogP contribution in [0, 0.1) is 0 Å². The Labute approximate surface area is 238 Å². The minimum atomic E-state index is -0.344. The molecule has 194 valence electrons. The third kappa shape index (κ3) is 6.67. The second kappa shape index (κ2) is 12.2. The van der Waals surface area contributed by atoms with Crippen LogP contribution in [0.25, 0.3) is 16.6 Å². The third-order valence-electron chi connectivity index (χ3n) is 5.49. The Balaban J connectivity index is 1.24. The number of fused-ring (bicyclic) bond motifs is 1. The number of benzene rings is 4. The molecule has 0 radical (unpaired) electrons. The maximum absolute atomic E-state index is 13.3. The number of para-hydroxylation sites is 1.